The van der Waals surface area contributed by atoms with Crippen LogP contribution < -0.4 is 0 Å². The maximum absolute atomic E-state index is 11.5. The Labute approximate surface area is 104 Å². The Morgan fingerprint density at radius 2 is 2.50 bits per heavy atom. The van der Waals surface area contributed by atoms with Gasteiger partial charge in [-0.05, 0) is 24.6 Å². The lowest BCUT2D eigenvalue weighted by Crippen LogP contribution is -2.19. The highest BCUT2D eigenvalue weighted by molar-refractivity contribution is 5.73. The molecule has 96 valence electrons. The zero-order chi connectivity index (χ0) is 13.4. The Morgan fingerprint density at radius 1 is 1.72 bits per heavy atom. The van der Waals surface area contributed by atoms with E-state index in [2.05, 4.69) is 10.0 Å². The van der Waals surface area contributed by atoms with Crippen molar-refractivity contribution in [2.45, 2.75) is 19.4 Å². The Kier molecular flexibility index (Phi) is 5.47. The van der Waals surface area contributed by atoms with Crippen LogP contribution in [0.3, 0.4) is 0 Å². The quantitative estimate of drug-likeness (QED) is 0.243. The van der Waals surface area contributed by atoms with Crippen LogP contribution in [-0.4, -0.2) is 30.0 Å². The van der Waals surface area contributed by atoms with Crippen molar-refractivity contribution in [3.8, 4) is 0 Å². The highest BCUT2D eigenvalue weighted by atomic mass is 16.5. The fraction of sp³-hybridized carbons (Fsp3) is 0.455. The molecule has 0 unspecified atom stereocenters. The summed E-state index contributed by atoms with van der Waals surface area (Å²) in [4.78, 5) is 25.0. The van der Waals surface area contributed by atoms with Crippen LogP contribution in [0, 0.1) is 0 Å². The van der Waals surface area contributed by atoms with Crippen molar-refractivity contribution in [3.63, 3.8) is 0 Å². The average Bonchev–Trinajstić information content (AvgIpc) is 2.82. The number of hydrogen-bond donors (Lipinski definition) is 0. The van der Waals surface area contributed by atoms with E-state index < -0.39 is 6.04 Å². The van der Waals surface area contributed by atoms with Gasteiger partial charge in [0.2, 0.25) is 0 Å². The Hall–Kier alpha value is -2.27. The number of ether oxygens (including phenoxy) is 1. The first kappa shape index (κ1) is 13.8. The van der Waals surface area contributed by atoms with Crippen molar-refractivity contribution in [1.29, 1.82) is 0 Å². The van der Waals surface area contributed by atoms with E-state index >= 15 is 0 Å². The molecule has 0 aliphatic carbocycles. The number of hydrogen-bond acceptors (Lipinski definition) is 4. The number of esters is 1. The summed E-state index contributed by atoms with van der Waals surface area (Å²) in [5.74, 6) is -0.388. The molecule has 0 bridgehead atoms. The van der Waals surface area contributed by atoms with Crippen LogP contribution in [0.25, 0.3) is 10.4 Å². The minimum absolute atomic E-state index is 0.0579. The third-order valence-electron chi connectivity index (χ3n) is 2.39. The monoisotopic (exact) mass is 250 g/mol. The van der Waals surface area contributed by atoms with Crippen molar-refractivity contribution in [2.24, 2.45) is 5.11 Å². The summed E-state index contributed by atoms with van der Waals surface area (Å²) in [6, 6.07) is 2.91. The van der Waals surface area contributed by atoms with Crippen LogP contribution in [-0.2, 0) is 9.53 Å². The number of aromatic nitrogens is 1. The molecule has 1 atom stereocenters. The van der Waals surface area contributed by atoms with Gasteiger partial charge in [-0.3, -0.25) is 9.59 Å². The number of carbonyl (C=O) groups is 2. The number of azide groups is 1. The molecule has 7 nitrogen and oxygen atoms in total. The minimum atomic E-state index is -0.407. The topological polar surface area (TPSA) is 97.1 Å². The van der Waals surface area contributed by atoms with Crippen molar-refractivity contribution in [1.82, 2.24) is 4.57 Å². The zero-order valence-corrected chi connectivity index (χ0v) is 10.0. The van der Waals surface area contributed by atoms with Crippen molar-refractivity contribution in [3.05, 3.63) is 34.5 Å². The number of carbonyl (C=O) groups excluding carboxylic acids is 2. The lowest BCUT2D eigenvalue weighted by molar-refractivity contribution is -0.143. The van der Waals surface area contributed by atoms with Gasteiger partial charge < -0.3 is 9.30 Å². The fourth-order valence-corrected chi connectivity index (χ4v) is 1.63. The molecule has 0 N–H and O–H groups in total. The second-order valence-electron chi connectivity index (χ2n) is 3.53. The van der Waals surface area contributed by atoms with E-state index in [4.69, 9.17) is 10.3 Å². The van der Waals surface area contributed by atoms with Gasteiger partial charge in [0, 0.05) is 23.7 Å². The predicted molar refractivity (Wildman–Crippen MR) is 64.1 cm³/mol. The molecule has 1 rings (SSSR count). The van der Waals surface area contributed by atoms with Crippen LogP contribution in [0.4, 0.5) is 0 Å². The van der Waals surface area contributed by atoms with Gasteiger partial charge in [-0.1, -0.05) is 5.11 Å². The van der Waals surface area contributed by atoms with Gasteiger partial charge in [0.15, 0.2) is 6.29 Å². The molecule has 0 saturated carbocycles. The standard InChI is InChI=1S/C11H14N4O3/c1-2-18-11(17)6-10(7-13-14-12)15-5-3-4-9(15)8-16/h3-5,8,10H,2,6-7H2,1H3/t10-/m0/s1. The van der Waals surface area contributed by atoms with Crippen LogP contribution >= 0.6 is 0 Å². The third-order valence-corrected chi connectivity index (χ3v) is 2.39. The maximum Gasteiger partial charge on any atom is 0.307 e. The van der Waals surface area contributed by atoms with Crippen LogP contribution in [0.15, 0.2) is 23.4 Å². The molecule has 18 heavy (non-hydrogen) atoms. The van der Waals surface area contributed by atoms with Crippen molar-refractivity contribution >= 4 is 12.3 Å². The molecule has 0 aromatic carbocycles. The molecule has 0 amide bonds. The molecule has 0 spiro atoms. The molecule has 0 aliphatic rings. The van der Waals surface area contributed by atoms with Gasteiger partial charge >= 0.3 is 5.97 Å². The summed E-state index contributed by atoms with van der Waals surface area (Å²) in [7, 11) is 0. The van der Waals surface area contributed by atoms with Gasteiger partial charge in [0.1, 0.15) is 0 Å². The Balaban J connectivity index is 2.87. The van der Waals surface area contributed by atoms with Gasteiger partial charge in [0.05, 0.1) is 18.7 Å². The molecule has 1 heterocycles. The lowest BCUT2D eigenvalue weighted by atomic mass is 10.2. The summed E-state index contributed by atoms with van der Waals surface area (Å²) < 4.78 is 6.46. The number of rotatable bonds is 7. The van der Waals surface area contributed by atoms with Gasteiger partial charge in [0.25, 0.3) is 0 Å². The van der Waals surface area contributed by atoms with E-state index in [1.54, 1.807) is 29.8 Å². The number of aldehydes is 1. The van der Waals surface area contributed by atoms with Crippen LogP contribution in [0.1, 0.15) is 29.9 Å². The highest BCUT2D eigenvalue weighted by Gasteiger charge is 2.17. The molecule has 7 heteroatoms. The van der Waals surface area contributed by atoms with Gasteiger partial charge in [-0.25, -0.2) is 0 Å². The van der Waals surface area contributed by atoms with E-state index in [0.717, 1.165) is 0 Å². The minimum Gasteiger partial charge on any atom is -0.466 e. The predicted octanol–water partition coefficient (Wildman–Crippen LogP) is 2.11. The van der Waals surface area contributed by atoms with Crippen LogP contribution in [0.5, 0.6) is 0 Å². The summed E-state index contributed by atoms with van der Waals surface area (Å²) >= 11 is 0. The Morgan fingerprint density at radius 3 is 3.11 bits per heavy atom. The molecule has 0 fully saturated rings. The summed E-state index contributed by atoms with van der Waals surface area (Å²) in [6.07, 6.45) is 2.41. The van der Waals surface area contributed by atoms with Crippen molar-refractivity contribution in [2.75, 3.05) is 13.2 Å². The van der Waals surface area contributed by atoms with Crippen LogP contribution in [0.2, 0.25) is 0 Å². The maximum atomic E-state index is 11.5. The molecular weight excluding hydrogens is 236 g/mol. The van der Waals surface area contributed by atoms with Crippen molar-refractivity contribution < 1.29 is 14.3 Å². The van der Waals surface area contributed by atoms with E-state index in [9.17, 15) is 9.59 Å². The second-order valence-corrected chi connectivity index (χ2v) is 3.53. The first-order valence-electron chi connectivity index (χ1n) is 5.51. The molecule has 1 aromatic heterocycles. The van der Waals surface area contributed by atoms with E-state index in [0.29, 0.717) is 18.6 Å². The van der Waals surface area contributed by atoms with Gasteiger partial charge in [-0.15, -0.1) is 0 Å². The molecule has 0 radical (unpaired) electrons. The molecular formula is C11H14N4O3. The normalized spacial score (nSPS) is 11.4. The molecule has 0 saturated heterocycles. The van der Waals surface area contributed by atoms with E-state index in [1.165, 1.54) is 0 Å². The SMILES string of the molecule is CCOC(=O)C[C@@H](CN=[N+]=[N-])n1cccc1C=O. The second kappa shape index (κ2) is 7.13. The summed E-state index contributed by atoms with van der Waals surface area (Å²) in [5.41, 5.74) is 8.77. The number of nitrogens with zero attached hydrogens (tertiary/aromatic N) is 4. The van der Waals surface area contributed by atoms with Gasteiger partial charge in [-0.2, -0.15) is 0 Å². The largest absolute Gasteiger partial charge is 0.466 e. The Bertz CT molecular complexity index is 463. The van der Waals surface area contributed by atoms with E-state index in [1.807, 2.05) is 0 Å². The first-order chi connectivity index (χ1) is 8.72. The highest BCUT2D eigenvalue weighted by Crippen LogP contribution is 2.16. The summed E-state index contributed by atoms with van der Waals surface area (Å²) in [6.45, 7) is 2.09. The third kappa shape index (κ3) is 3.64. The fourth-order valence-electron chi connectivity index (χ4n) is 1.63. The zero-order valence-electron chi connectivity index (χ0n) is 10.0. The molecule has 0 aliphatic heterocycles. The smallest absolute Gasteiger partial charge is 0.307 e. The lowest BCUT2D eigenvalue weighted by Gasteiger charge is -2.17. The average molecular weight is 250 g/mol. The van der Waals surface area contributed by atoms with E-state index in [-0.39, 0.29) is 18.9 Å². The summed E-state index contributed by atoms with van der Waals surface area (Å²) in [5, 5.41) is 3.45. The molecule has 1 aromatic rings. The first-order valence-corrected chi connectivity index (χ1v) is 5.51.